The van der Waals surface area contributed by atoms with Crippen LogP contribution in [0, 0.1) is 17.3 Å². The van der Waals surface area contributed by atoms with Crippen LogP contribution in [0.15, 0.2) is 0 Å². The molecule has 3 saturated heterocycles. The Hall–Kier alpha value is -1.28. The molecule has 0 aromatic rings. The van der Waals surface area contributed by atoms with Crippen LogP contribution in [0.5, 0.6) is 0 Å². The molecule has 3 rings (SSSR count). The Kier molecular flexibility index (Phi) is 7.74. The van der Waals surface area contributed by atoms with Crippen molar-refractivity contribution in [3.8, 4) is 0 Å². The molecular weight excluding hydrogens is 450 g/mol. The van der Waals surface area contributed by atoms with Crippen LogP contribution in [0.3, 0.4) is 0 Å². The van der Waals surface area contributed by atoms with Gasteiger partial charge in [-0.25, -0.2) is 0 Å². The van der Waals surface area contributed by atoms with Crippen molar-refractivity contribution in [2.24, 2.45) is 17.3 Å². The minimum Gasteiger partial charge on any atom is -0.396 e. The SMILES string of the molecule is CNC(=O)[C@H]1[C@H]2C(=O)N(CCCCCCO)C(C(=O)NC(C)(C)CC(C)(C)C)C23CC[C@]1(C)S3. The zero-order valence-corrected chi connectivity index (χ0v) is 22.9. The molecule has 34 heavy (non-hydrogen) atoms. The maximum atomic E-state index is 14.0. The van der Waals surface area contributed by atoms with Gasteiger partial charge in [0.1, 0.15) is 6.04 Å². The molecule has 5 atom stereocenters. The summed E-state index contributed by atoms with van der Waals surface area (Å²) in [5.41, 5.74) is -0.362. The number of fused-ring (bicyclic) bond motifs is 1. The van der Waals surface area contributed by atoms with Gasteiger partial charge >= 0.3 is 0 Å². The number of aliphatic hydroxyl groups excluding tert-OH is 1. The zero-order valence-electron chi connectivity index (χ0n) is 22.1. The second-order valence-corrected chi connectivity index (χ2v) is 14.5. The normalized spacial score (nSPS) is 32.8. The Morgan fingerprint density at radius 1 is 1.09 bits per heavy atom. The van der Waals surface area contributed by atoms with E-state index >= 15 is 0 Å². The minimum atomic E-state index is -0.566. The quantitative estimate of drug-likeness (QED) is 0.405. The molecule has 0 saturated carbocycles. The third-order valence-electron chi connectivity index (χ3n) is 7.79. The molecule has 8 heteroatoms. The number of carbonyl (C=O) groups is 3. The molecule has 2 bridgehead atoms. The van der Waals surface area contributed by atoms with Gasteiger partial charge in [-0.2, -0.15) is 0 Å². The van der Waals surface area contributed by atoms with Gasteiger partial charge in [0.05, 0.1) is 16.6 Å². The number of aliphatic hydroxyl groups is 1. The average molecular weight is 496 g/mol. The van der Waals surface area contributed by atoms with E-state index in [4.69, 9.17) is 5.11 Å². The van der Waals surface area contributed by atoms with Crippen molar-refractivity contribution in [1.29, 1.82) is 0 Å². The lowest BCUT2D eigenvalue weighted by Gasteiger charge is -2.38. The first-order valence-electron chi connectivity index (χ1n) is 12.9. The smallest absolute Gasteiger partial charge is 0.244 e. The fourth-order valence-corrected chi connectivity index (χ4v) is 9.40. The minimum absolute atomic E-state index is 0.0412. The Labute approximate surface area is 209 Å². The summed E-state index contributed by atoms with van der Waals surface area (Å²) in [6.45, 7) is 13.4. The van der Waals surface area contributed by atoms with E-state index in [0.29, 0.717) is 6.54 Å². The van der Waals surface area contributed by atoms with Crippen LogP contribution >= 0.6 is 11.8 Å². The molecule has 0 aromatic heterocycles. The molecule has 3 heterocycles. The van der Waals surface area contributed by atoms with E-state index in [1.165, 1.54) is 0 Å². The standard InChI is InChI=1S/C26H45N3O4S/c1-23(2,3)16-24(4,5)28-21(32)19-26-13-12-25(6,34-26)17(20(31)27-7)18(26)22(33)29(19)14-10-8-9-11-15-30/h17-19,30H,8-16H2,1-7H3,(H,27,31)(H,28,32)/t17-,18+,19?,25+,26?/m1/s1. The summed E-state index contributed by atoms with van der Waals surface area (Å²) >= 11 is 1.72. The van der Waals surface area contributed by atoms with Gasteiger partial charge in [-0.3, -0.25) is 14.4 Å². The molecule has 3 amide bonds. The number of rotatable bonds is 10. The average Bonchev–Trinajstić information content (AvgIpc) is 3.26. The Balaban J connectivity index is 1.92. The number of nitrogens with zero attached hydrogens (tertiary/aromatic N) is 1. The largest absolute Gasteiger partial charge is 0.396 e. The number of unbranched alkanes of at least 4 members (excludes halogenated alkanes) is 3. The highest BCUT2D eigenvalue weighted by atomic mass is 32.2. The van der Waals surface area contributed by atoms with Gasteiger partial charge < -0.3 is 20.6 Å². The first kappa shape index (κ1) is 27.3. The Bertz CT molecular complexity index is 810. The van der Waals surface area contributed by atoms with Gasteiger partial charge in [0, 0.05) is 30.5 Å². The lowest BCUT2D eigenvalue weighted by Crippen LogP contribution is -2.58. The lowest BCUT2D eigenvalue weighted by molar-refractivity contribution is -0.140. The summed E-state index contributed by atoms with van der Waals surface area (Å²) in [5, 5.41) is 15.2. The van der Waals surface area contributed by atoms with Crippen LogP contribution in [-0.4, -0.2) is 69.0 Å². The van der Waals surface area contributed by atoms with Gasteiger partial charge in [-0.1, -0.05) is 33.6 Å². The monoisotopic (exact) mass is 495 g/mol. The summed E-state index contributed by atoms with van der Waals surface area (Å²) in [6.07, 6.45) is 5.76. The van der Waals surface area contributed by atoms with Crippen molar-refractivity contribution in [3.63, 3.8) is 0 Å². The van der Waals surface area contributed by atoms with Gasteiger partial charge in [0.25, 0.3) is 0 Å². The first-order chi connectivity index (χ1) is 15.7. The van der Waals surface area contributed by atoms with Gasteiger partial charge in [0.2, 0.25) is 17.7 Å². The number of hydrogen-bond donors (Lipinski definition) is 3. The molecule has 3 N–H and O–H groups in total. The van der Waals surface area contributed by atoms with Crippen LogP contribution in [0.2, 0.25) is 0 Å². The van der Waals surface area contributed by atoms with Crippen molar-refractivity contribution in [1.82, 2.24) is 15.5 Å². The molecule has 0 aromatic carbocycles. The molecule has 194 valence electrons. The highest BCUT2D eigenvalue weighted by molar-refractivity contribution is 8.02. The Morgan fingerprint density at radius 3 is 2.32 bits per heavy atom. The van der Waals surface area contributed by atoms with Gasteiger partial charge in [-0.05, 0) is 58.3 Å². The van der Waals surface area contributed by atoms with Crippen LogP contribution < -0.4 is 10.6 Å². The summed E-state index contributed by atoms with van der Waals surface area (Å²) in [7, 11) is 1.63. The second kappa shape index (κ2) is 9.64. The third-order valence-corrected chi connectivity index (χ3v) is 9.78. The highest BCUT2D eigenvalue weighted by Gasteiger charge is 2.77. The number of amides is 3. The van der Waals surface area contributed by atoms with Crippen molar-refractivity contribution >= 4 is 29.5 Å². The maximum absolute atomic E-state index is 14.0. The van der Waals surface area contributed by atoms with Crippen molar-refractivity contribution in [2.45, 2.75) is 108 Å². The molecule has 2 unspecified atom stereocenters. The third kappa shape index (κ3) is 4.99. The topological polar surface area (TPSA) is 98.7 Å². The van der Waals surface area contributed by atoms with Crippen LogP contribution in [-0.2, 0) is 14.4 Å². The molecule has 1 spiro atoms. The molecule has 7 nitrogen and oxygen atoms in total. The molecule has 0 aliphatic carbocycles. The first-order valence-corrected chi connectivity index (χ1v) is 13.7. The maximum Gasteiger partial charge on any atom is 0.244 e. The summed E-state index contributed by atoms with van der Waals surface area (Å²) in [4.78, 5) is 42.6. The predicted molar refractivity (Wildman–Crippen MR) is 136 cm³/mol. The number of hydrogen-bond acceptors (Lipinski definition) is 5. The van der Waals surface area contributed by atoms with Crippen LogP contribution in [0.4, 0.5) is 0 Å². The van der Waals surface area contributed by atoms with E-state index in [1.54, 1.807) is 23.7 Å². The highest BCUT2D eigenvalue weighted by Crippen LogP contribution is 2.71. The number of nitrogens with one attached hydrogen (secondary N) is 2. The van der Waals surface area contributed by atoms with E-state index in [1.807, 2.05) is 0 Å². The van der Waals surface area contributed by atoms with E-state index in [2.05, 4.69) is 52.2 Å². The number of carbonyl (C=O) groups excluding carboxylic acids is 3. The van der Waals surface area contributed by atoms with Crippen molar-refractivity contribution < 1.29 is 19.5 Å². The molecule has 3 aliphatic heterocycles. The molecule has 3 aliphatic rings. The fraction of sp³-hybridized carbons (Fsp3) is 0.885. The number of thioether (sulfide) groups is 1. The van der Waals surface area contributed by atoms with E-state index in [-0.39, 0.29) is 34.5 Å². The van der Waals surface area contributed by atoms with Crippen LogP contribution in [0.1, 0.15) is 86.5 Å². The van der Waals surface area contributed by atoms with Crippen molar-refractivity contribution in [2.75, 3.05) is 20.2 Å². The lowest BCUT2D eigenvalue weighted by atomic mass is 9.66. The van der Waals surface area contributed by atoms with Gasteiger partial charge in [-0.15, -0.1) is 11.8 Å². The van der Waals surface area contributed by atoms with Crippen molar-refractivity contribution in [3.05, 3.63) is 0 Å². The summed E-state index contributed by atoms with van der Waals surface area (Å²) in [5.74, 6) is -1.10. The summed E-state index contributed by atoms with van der Waals surface area (Å²) < 4.78 is -0.886. The predicted octanol–water partition coefficient (Wildman–Crippen LogP) is 3.10. The van der Waals surface area contributed by atoms with E-state index in [9.17, 15) is 14.4 Å². The van der Waals surface area contributed by atoms with Gasteiger partial charge in [0.15, 0.2) is 0 Å². The zero-order chi connectivity index (χ0) is 25.5. The van der Waals surface area contributed by atoms with Crippen LogP contribution in [0.25, 0.3) is 0 Å². The molecule has 3 fully saturated rings. The Morgan fingerprint density at radius 2 is 1.74 bits per heavy atom. The number of likely N-dealkylation sites (tertiary alicyclic amines) is 1. The fourth-order valence-electron chi connectivity index (χ4n) is 7.04. The second-order valence-electron chi connectivity index (χ2n) is 12.6. The molecular formula is C26H45N3O4S. The molecule has 0 radical (unpaired) electrons. The summed E-state index contributed by atoms with van der Waals surface area (Å²) in [6, 6.07) is -0.566. The van der Waals surface area contributed by atoms with E-state index < -0.39 is 28.2 Å². The van der Waals surface area contributed by atoms with E-state index in [0.717, 1.165) is 44.9 Å².